The number of carbonyl (C=O) groups is 1. The van der Waals surface area contributed by atoms with Crippen molar-refractivity contribution in [2.75, 3.05) is 45.2 Å². The number of hydrogen-bond donors (Lipinski definition) is 0. The van der Waals surface area contributed by atoms with Gasteiger partial charge in [-0.1, -0.05) is 12.1 Å². The van der Waals surface area contributed by atoms with Gasteiger partial charge in [0.1, 0.15) is 0 Å². The van der Waals surface area contributed by atoms with Crippen molar-refractivity contribution in [2.24, 2.45) is 0 Å². The van der Waals surface area contributed by atoms with Crippen LogP contribution in [0, 0.1) is 0 Å². The van der Waals surface area contributed by atoms with Gasteiger partial charge in [-0.25, -0.2) is 4.79 Å². The molecule has 1 aromatic rings. The maximum atomic E-state index is 11.7. The highest BCUT2D eigenvalue weighted by atomic mass is 16.5. The van der Waals surface area contributed by atoms with Crippen LogP contribution in [0.5, 0.6) is 0 Å². The third-order valence-electron chi connectivity index (χ3n) is 3.67. The van der Waals surface area contributed by atoms with E-state index < -0.39 is 0 Å². The number of methoxy groups -OCH3 is 1. The molecule has 1 saturated heterocycles. The quantitative estimate of drug-likeness (QED) is 0.760. The number of carbonyl (C=O) groups excluding carboxylic acids is 1. The van der Waals surface area contributed by atoms with Crippen molar-refractivity contribution in [1.82, 2.24) is 4.90 Å². The summed E-state index contributed by atoms with van der Waals surface area (Å²) >= 11 is 0. The van der Waals surface area contributed by atoms with Gasteiger partial charge < -0.3 is 14.5 Å². The first-order valence-corrected chi connectivity index (χ1v) is 6.83. The molecule has 1 aliphatic rings. The van der Waals surface area contributed by atoms with E-state index in [2.05, 4.69) is 9.80 Å². The number of likely N-dealkylation sites (tertiary alicyclic amines) is 1. The van der Waals surface area contributed by atoms with Crippen LogP contribution in [0.15, 0.2) is 24.3 Å². The molecule has 1 fully saturated rings. The van der Waals surface area contributed by atoms with Crippen molar-refractivity contribution < 1.29 is 9.53 Å². The van der Waals surface area contributed by atoms with Crippen molar-refractivity contribution in [3.63, 3.8) is 0 Å². The first-order valence-electron chi connectivity index (χ1n) is 6.83. The Hall–Kier alpha value is -1.55. The number of ether oxygens (including phenoxy) is 1. The molecule has 0 aromatic heterocycles. The number of hydrogen-bond acceptors (Lipinski definition) is 4. The lowest BCUT2D eigenvalue weighted by atomic mass is 10.1. The fourth-order valence-corrected chi connectivity index (χ4v) is 2.51. The van der Waals surface area contributed by atoms with E-state index in [1.165, 1.54) is 33.0 Å². The van der Waals surface area contributed by atoms with Gasteiger partial charge in [0.15, 0.2) is 0 Å². The highest BCUT2D eigenvalue weighted by molar-refractivity contribution is 5.95. The topological polar surface area (TPSA) is 32.8 Å². The third-order valence-corrected chi connectivity index (χ3v) is 3.67. The van der Waals surface area contributed by atoms with Crippen LogP contribution >= 0.6 is 0 Å². The SMILES string of the molecule is COC(=O)c1ccccc1N(C)CCN1CCCC1. The van der Waals surface area contributed by atoms with Crippen LogP contribution < -0.4 is 4.90 Å². The lowest BCUT2D eigenvalue weighted by Crippen LogP contribution is -2.32. The minimum Gasteiger partial charge on any atom is -0.465 e. The van der Waals surface area contributed by atoms with Gasteiger partial charge in [-0.3, -0.25) is 0 Å². The Labute approximate surface area is 115 Å². The normalized spacial score (nSPS) is 15.5. The Morgan fingerprint density at radius 2 is 2.00 bits per heavy atom. The van der Waals surface area contributed by atoms with E-state index in [1.54, 1.807) is 0 Å². The molecular formula is C15H22N2O2. The minimum atomic E-state index is -0.274. The number of benzene rings is 1. The van der Waals surface area contributed by atoms with Crippen LogP contribution in [0.25, 0.3) is 0 Å². The molecule has 0 amide bonds. The molecular weight excluding hydrogens is 240 g/mol. The number of anilines is 1. The minimum absolute atomic E-state index is 0.274. The number of esters is 1. The molecule has 1 heterocycles. The lowest BCUT2D eigenvalue weighted by Gasteiger charge is -2.24. The summed E-state index contributed by atoms with van der Waals surface area (Å²) < 4.78 is 4.83. The van der Waals surface area contributed by atoms with Crippen molar-refractivity contribution in [3.8, 4) is 0 Å². The van der Waals surface area contributed by atoms with Gasteiger partial charge in [0.05, 0.1) is 18.4 Å². The van der Waals surface area contributed by atoms with Crippen molar-refractivity contribution >= 4 is 11.7 Å². The molecule has 0 unspecified atom stereocenters. The Morgan fingerprint density at radius 3 is 2.68 bits per heavy atom. The second kappa shape index (κ2) is 6.57. The fourth-order valence-electron chi connectivity index (χ4n) is 2.51. The second-order valence-corrected chi connectivity index (χ2v) is 4.98. The van der Waals surface area contributed by atoms with Crippen LogP contribution in [0.1, 0.15) is 23.2 Å². The van der Waals surface area contributed by atoms with E-state index in [9.17, 15) is 4.79 Å². The summed E-state index contributed by atoms with van der Waals surface area (Å²) in [4.78, 5) is 16.3. The van der Waals surface area contributed by atoms with Gasteiger partial charge in [0.2, 0.25) is 0 Å². The highest BCUT2D eigenvalue weighted by Crippen LogP contribution is 2.20. The van der Waals surface area contributed by atoms with E-state index in [0.717, 1.165) is 18.8 Å². The Morgan fingerprint density at radius 1 is 1.32 bits per heavy atom. The lowest BCUT2D eigenvalue weighted by molar-refractivity contribution is 0.0601. The number of para-hydroxylation sites is 1. The summed E-state index contributed by atoms with van der Waals surface area (Å²) in [5, 5.41) is 0. The summed E-state index contributed by atoms with van der Waals surface area (Å²) in [6.45, 7) is 4.37. The maximum absolute atomic E-state index is 11.7. The van der Waals surface area contributed by atoms with Crippen LogP contribution in [-0.2, 0) is 4.74 Å². The van der Waals surface area contributed by atoms with Crippen LogP contribution in [-0.4, -0.2) is 51.2 Å². The van der Waals surface area contributed by atoms with E-state index in [0.29, 0.717) is 5.56 Å². The summed E-state index contributed by atoms with van der Waals surface area (Å²) in [6, 6.07) is 7.60. The monoisotopic (exact) mass is 262 g/mol. The first kappa shape index (κ1) is 13.9. The Kier molecular flexibility index (Phi) is 4.80. The number of likely N-dealkylation sites (N-methyl/N-ethyl adjacent to an activating group) is 1. The smallest absolute Gasteiger partial charge is 0.339 e. The summed E-state index contributed by atoms with van der Waals surface area (Å²) in [7, 11) is 3.45. The first-order chi connectivity index (χ1) is 9.22. The van der Waals surface area contributed by atoms with Crippen molar-refractivity contribution in [1.29, 1.82) is 0 Å². The van der Waals surface area contributed by atoms with Gasteiger partial charge >= 0.3 is 5.97 Å². The van der Waals surface area contributed by atoms with E-state index in [4.69, 9.17) is 4.74 Å². The summed E-state index contributed by atoms with van der Waals surface area (Å²) in [6.07, 6.45) is 2.62. The average molecular weight is 262 g/mol. The van der Waals surface area contributed by atoms with Crippen LogP contribution in [0.3, 0.4) is 0 Å². The van der Waals surface area contributed by atoms with Gasteiger partial charge in [0.25, 0.3) is 0 Å². The highest BCUT2D eigenvalue weighted by Gasteiger charge is 2.16. The van der Waals surface area contributed by atoms with Crippen LogP contribution in [0.4, 0.5) is 5.69 Å². The zero-order valence-corrected chi connectivity index (χ0v) is 11.8. The standard InChI is InChI=1S/C15H22N2O2/c1-16(11-12-17-9-5-6-10-17)14-8-4-3-7-13(14)15(18)19-2/h3-4,7-8H,5-6,9-12H2,1-2H3. The number of rotatable bonds is 5. The third kappa shape index (κ3) is 3.47. The molecule has 4 nitrogen and oxygen atoms in total. The molecule has 104 valence electrons. The Bertz CT molecular complexity index is 428. The second-order valence-electron chi connectivity index (χ2n) is 4.98. The zero-order valence-electron chi connectivity index (χ0n) is 11.8. The van der Waals surface area contributed by atoms with Gasteiger partial charge in [0, 0.05) is 20.1 Å². The predicted molar refractivity (Wildman–Crippen MR) is 76.7 cm³/mol. The summed E-state index contributed by atoms with van der Waals surface area (Å²) in [5.41, 5.74) is 1.57. The molecule has 1 aromatic carbocycles. The largest absolute Gasteiger partial charge is 0.465 e. The molecule has 0 N–H and O–H groups in total. The molecule has 4 heteroatoms. The molecule has 1 aliphatic heterocycles. The molecule has 0 atom stereocenters. The van der Waals surface area contributed by atoms with Crippen LogP contribution in [0.2, 0.25) is 0 Å². The maximum Gasteiger partial charge on any atom is 0.339 e. The molecule has 19 heavy (non-hydrogen) atoms. The molecule has 0 spiro atoms. The predicted octanol–water partition coefficient (Wildman–Crippen LogP) is 2.01. The van der Waals surface area contributed by atoms with Crippen molar-refractivity contribution in [3.05, 3.63) is 29.8 Å². The van der Waals surface area contributed by atoms with Gasteiger partial charge in [-0.2, -0.15) is 0 Å². The molecule has 0 bridgehead atoms. The van der Waals surface area contributed by atoms with E-state index in [-0.39, 0.29) is 5.97 Å². The Balaban J connectivity index is 2.01. The average Bonchev–Trinajstić information content (AvgIpc) is 2.97. The molecule has 0 saturated carbocycles. The molecule has 0 aliphatic carbocycles. The molecule has 0 radical (unpaired) electrons. The van der Waals surface area contributed by atoms with E-state index >= 15 is 0 Å². The zero-order chi connectivity index (χ0) is 13.7. The number of nitrogens with zero attached hydrogens (tertiary/aromatic N) is 2. The summed E-state index contributed by atoms with van der Waals surface area (Å²) in [5.74, 6) is -0.274. The van der Waals surface area contributed by atoms with Crippen molar-refractivity contribution in [2.45, 2.75) is 12.8 Å². The van der Waals surface area contributed by atoms with Gasteiger partial charge in [-0.05, 0) is 38.1 Å². The van der Waals surface area contributed by atoms with E-state index in [1.807, 2.05) is 31.3 Å². The molecule has 2 rings (SSSR count). The fraction of sp³-hybridized carbons (Fsp3) is 0.533. The van der Waals surface area contributed by atoms with Gasteiger partial charge in [-0.15, -0.1) is 0 Å².